The van der Waals surface area contributed by atoms with E-state index in [0.29, 0.717) is 24.2 Å². The summed E-state index contributed by atoms with van der Waals surface area (Å²) in [6.45, 7) is 0.863. The second-order valence-corrected chi connectivity index (χ2v) is 6.98. The fourth-order valence-corrected chi connectivity index (χ4v) is 3.33. The van der Waals surface area contributed by atoms with Gasteiger partial charge in [0.15, 0.2) is 5.58 Å². The zero-order valence-electron chi connectivity index (χ0n) is 16.4. The average Bonchev–Trinajstić information content (AvgIpc) is 3.35. The molecule has 1 amide bonds. The second kappa shape index (κ2) is 8.66. The number of non-ortho nitro benzene ring substituents is 1. The quantitative estimate of drug-likeness (QED) is 0.344. The molecule has 0 unspecified atom stereocenters. The number of carbonyl (C=O) groups is 1. The van der Waals surface area contributed by atoms with Crippen LogP contribution in [-0.4, -0.2) is 25.2 Å². The summed E-state index contributed by atoms with van der Waals surface area (Å²) in [5.41, 5.74) is 2.16. The lowest BCUT2D eigenvalue weighted by Gasteiger charge is -2.08. The molecule has 0 aliphatic rings. The van der Waals surface area contributed by atoms with Gasteiger partial charge in [0.05, 0.1) is 23.1 Å². The van der Waals surface area contributed by atoms with Crippen molar-refractivity contribution >= 4 is 28.4 Å². The van der Waals surface area contributed by atoms with Gasteiger partial charge in [-0.2, -0.15) is 5.10 Å². The van der Waals surface area contributed by atoms with Crippen molar-refractivity contribution in [2.75, 3.05) is 5.32 Å². The number of amides is 1. The van der Waals surface area contributed by atoms with E-state index in [2.05, 4.69) is 10.4 Å². The lowest BCUT2D eigenvalue weighted by atomic mass is 10.2. The molecule has 0 fully saturated rings. The molecule has 0 saturated heterocycles. The van der Waals surface area contributed by atoms with Crippen LogP contribution in [-0.2, 0) is 17.9 Å². The molecule has 31 heavy (non-hydrogen) atoms. The van der Waals surface area contributed by atoms with Crippen LogP contribution in [0.25, 0.3) is 11.1 Å². The third kappa shape index (κ3) is 4.69. The molecule has 10 heteroatoms. The van der Waals surface area contributed by atoms with Crippen molar-refractivity contribution in [3.8, 4) is 0 Å². The first-order valence-corrected chi connectivity index (χ1v) is 9.63. The molecule has 2 aromatic heterocycles. The molecular weight excluding hydrogens is 402 g/mol. The number of aromatic nitrogens is 3. The van der Waals surface area contributed by atoms with Gasteiger partial charge in [0.1, 0.15) is 0 Å². The maximum absolute atomic E-state index is 12.3. The fourth-order valence-electron chi connectivity index (χ4n) is 3.33. The van der Waals surface area contributed by atoms with Gasteiger partial charge in [-0.15, -0.1) is 0 Å². The van der Waals surface area contributed by atoms with Gasteiger partial charge in [0, 0.05) is 37.1 Å². The van der Waals surface area contributed by atoms with Crippen molar-refractivity contribution in [1.82, 2.24) is 14.3 Å². The number of carbonyl (C=O) groups excluding carboxylic acids is 1. The van der Waals surface area contributed by atoms with Crippen molar-refractivity contribution < 1.29 is 14.1 Å². The predicted molar refractivity (Wildman–Crippen MR) is 113 cm³/mol. The highest BCUT2D eigenvalue weighted by molar-refractivity contribution is 5.90. The molecule has 0 spiro atoms. The highest BCUT2D eigenvalue weighted by Gasteiger charge is 2.14. The second-order valence-electron chi connectivity index (χ2n) is 6.98. The van der Waals surface area contributed by atoms with Gasteiger partial charge < -0.3 is 9.73 Å². The lowest BCUT2D eigenvalue weighted by molar-refractivity contribution is -0.384. The van der Waals surface area contributed by atoms with E-state index in [-0.39, 0.29) is 30.1 Å². The van der Waals surface area contributed by atoms with Crippen molar-refractivity contribution in [3.63, 3.8) is 0 Å². The maximum Gasteiger partial charge on any atom is 0.419 e. The van der Waals surface area contributed by atoms with Crippen LogP contribution in [0, 0.1) is 10.1 Å². The highest BCUT2D eigenvalue weighted by Crippen LogP contribution is 2.20. The standard InChI is InChI=1S/C21H19N5O5/c27-20(23-16-5-1-4-15(12-16)14-24-10-3-9-22-24)6-2-11-25-18-8-7-17(26(29)30)13-19(18)31-21(25)28/h1,3-5,7-10,12-13H,2,6,11,14H2,(H,23,27). The lowest BCUT2D eigenvalue weighted by Crippen LogP contribution is -2.17. The van der Waals surface area contributed by atoms with E-state index in [1.165, 1.54) is 22.8 Å². The van der Waals surface area contributed by atoms with Crippen LogP contribution in [0.1, 0.15) is 18.4 Å². The normalized spacial score (nSPS) is 11.0. The zero-order chi connectivity index (χ0) is 21.8. The minimum Gasteiger partial charge on any atom is -0.407 e. The number of oxazole rings is 1. The smallest absolute Gasteiger partial charge is 0.407 e. The Morgan fingerprint density at radius 2 is 2.06 bits per heavy atom. The molecule has 2 aromatic carbocycles. The first kappa shape index (κ1) is 20.1. The first-order valence-electron chi connectivity index (χ1n) is 9.63. The van der Waals surface area contributed by atoms with Gasteiger partial charge in [-0.05, 0) is 36.2 Å². The number of hydrogen-bond acceptors (Lipinski definition) is 6. The number of rotatable bonds is 8. The summed E-state index contributed by atoms with van der Waals surface area (Å²) >= 11 is 0. The highest BCUT2D eigenvalue weighted by atomic mass is 16.6. The molecule has 158 valence electrons. The molecule has 2 heterocycles. The molecule has 4 aromatic rings. The monoisotopic (exact) mass is 421 g/mol. The summed E-state index contributed by atoms with van der Waals surface area (Å²) in [6, 6.07) is 13.4. The van der Waals surface area contributed by atoms with E-state index in [9.17, 15) is 19.7 Å². The van der Waals surface area contributed by atoms with Crippen molar-refractivity contribution in [2.24, 2.45) is 0 Å². The summed E-state index contributed by atoms with van der Waals surface area (Å²) in [5, 5.41) is 17.9. The van der Waals surface area contributed by atoms with Crippen molar-refractivity contribution in [1.29, 1.82) is 0 Å². The summed E-state index contributed by atoms with van der Waals surface area (Å²) in [4.78, 5) is 34.7. The van der Waals surface area contributed by atoms with Gasteiger partial charge >= 0.3 is 5.76 Å². The molecule has 0 radical (unpaired) electrons. The molecule has 0 aliphatic heterocycles. The zero-order valence-corrected chi connectivity index (χ0v) is 16.4. The summed E-state index contributed by atoms with van der Waals surface area (Å²) in [7, 11) is 0. The largest absolute Gasteiger partial charge is 0.419 e. The van der Waals surface area contributed by atoms with E-state index >= 15 is 0 Å². The molecule has 0 saturated carbocycles. The summed E-state index contributed by atoms with van der Waals surface area (Å²) in [5.74, 6) is -0.782. The molecular formula is C21H19N5O5. The number of nitro groups is 1. The number of aryl methyl sites for hydroxylation is 1. The fraction of sp³-hybridized carbons (Fsp3) is 0.190. The number of nitrogens with zero attached hydrogens (tertiary/aromatic N) is 4. The van der Waals surface area contributed by atoms with Crippen molar-refractivity contribution in [3.05, 3.63) is 87.2 Å². The summed E-state index contributed by atoms with van der Waals surface area (Å²) in [6.07, 6.45) is 4.19. The van der Waals surface area contributed by atoms with E-state index in [4.69, 9.17) is 4.42 Å². The van der Waals surface area contributed by atoms with Crippen LogP contribution in [0.2, 0.25) is 0 Å². The third-order valence-corrected chi connectivity index (χ3v) is 4.76. The van der Waals surface area contributed by atoms with E-state index in [0.717, 1.165) is 5.56 Å². The third-order valence-electron chi connectivity index (χ3n) is 4.76. The molecule has 0 atom stereocenters. The summed E-state index contributed by atoms with van der Waals surface area (Å²) < 4.78 is 8.26. The van der Waals surface area contributed by atoms with Crippen LogP contribution in [0.5, 0.6) is 0 Å². The predicted octanol–water partition coefficient (Wildman–Crippen LogP) is 3.17. The Labute approximate surface area is 175 Å². The van der Waals surface area contributed by atoms with E-state index < -0.39 is 10.7 Å². The number of hydrogen-bond donors (Lipinski definition) is 1. The Morgan fingerprint density at radius 3 is 2.84 bits per heavy atom. The topological polar surface area (TPSA) is 125 Å². The number of nitrogens with one attached hydrogen (secondary N) is 1. The van der Waals surface area contributed by atoms with Gasteiger partial charge in [-0.3, -0.25) is 24.2 Å². The Morgan fingerprint density at radius 1 is 1.19 bits per heavy atom. The Balaban J connectivity index is 1.35. The van der Waals surface area contributed by atoms with Crippen LogP contribution in [0.15, 0.2) is 70.1 Å². The number of nitro benzene ring substituents is 1. The molecule has 0 bridgehead atoms. The maximum atomic E-state index is 12.3. The van der Waals surface area contributed by atoms with Crippen LogP contribution >= 0.6 is 0 Å². The van der Waals surface area contributed by atoms with Gasteiger partial charge in [0.25, 0.3) is 5.69 Å². The Kier molecular flexibility index (Phi) is 5.61. The Bertz CT molecular complexity index is 1290. The number of benzene rings is 2. The Hall–Kier alpha value is -4.21. The van der Waals surface area contributed by atoms with E-state index in [1.807, 2.05) is 36.5 Å². The van der Waals surface area contributed by atoms with E-state index in [1.54, 1.807) is 10.9 Å². The minimum absolute atomic E-state index is 0.150. The van der Waals surface area contributed by atoms with Crippen LogP contribution in [0.3, 0.4) is 0 Å². The average molecular weight is 421 g/mol. The van der Waals surface area contributed by atoms with Gasteiger partial charge in [0.2, 0.25) is 5.91 Å². The van der Waals surface area contributed by atoms with Crippen molar-refractivity contribution in [2.45, 2.75) is 25.9 Å². The first-order chi connectivity index (χ1) is 15.0. The molecule has 4 rings (SSSR count). The number of anilines is 1. The molecule has 1 N–H and O–H groups in total. The molecule has 10 nitrogen and oxygen atoms in total. The minimum atomic E-state index is -0.609. The molecule has 0 aliphatic carbocycles. The van der Waals surface area contributed by atoms with Crippen LogP contribution in [0.4, 0.5) is 11.4 Å². The van der Waals surface area contributed by atoms with Gasteiger partial charge in [-0.25, -0.2) is 4.79 Å². The number of fused-ring (bicyclic) bond motifs is 1. The SMILES string of the molecule is O=C(CCCn1c(=O)oc2cc([N+](=O)[O-])ccc21)Nc1cccc(Cn2cccn2)c1. The van der Waals surface area contributed by atoms with Crippen LogP contribution < -0.4 is 11.1 Å². The van der Waals surface area contributed by atoms with Gasteiger partial charge in [-0.1, -0.05) is 12.1 Å².